The van der Waals surface area contributed by atoms with Crippen LogP contribution in [0.2, 0.25) is 0 Å². The maximum Gasteiger partial charge on any atom is 0.220 e. The van der Waals surface area contributed by atoms with Gasteiger partial charge in [0.2, 0.25) is 5.91 Å². The smallest absolute Gasteiger partial charge is 0.220 e. The fourth-order valence-electron chi connectivity index (χ4n) is 1.28. The lowest BCUT2D eigenvalue weighted by Crippen LogP contribution is -2.24. The minimum Gasteiger partial charge on any atom is -0.350 e. The number of aryl methyl sites for hydroxylation is 1. The molecule has 5 heteroatoms. The van der Waals surface area contributed by atoms with Gasteiger partial charge in [0.15, 0.2) is 0 Å². The SMILES string of the molecule is CNCCCC(=O)NCc1ccnn1C. The zero-order valence-electron chi connectivity index (χ0n) is 9.29. The number of carbonyl (C=O) groups is 1. The van der Waals surface area contributed by atoms with Crippen LogP contribution in [0.25, 0.3) is 0 Å². The molecule has 84 valence electrons. The molecule has 0 bridgehead atoms. The topological polar surface area (TPSA) is 59.0 Å². The van der Waals surface area contributed by atoms with Crippen LogP contribution in [0.3, 0.4) is 0 Å². The van der Waals surface area contributed by atoms with Crippen molar-refractivity contribution in [3.8, 4) is 0 Å². The van der Waals surface area contributed by atoms with Crippen molar-refractivity contribution < 1.29 is 4.79 Å². The number of nitrogens with one attached hydrogen (secondary N) is 2. The van der Waals surface area contributed by atoms with Gasteiger partial charge in [-0.25, -0.2) is 0 Å². The molecule has 0 aromatic carbocycles. The summed E-state index contributed by atoms with van der Waals surface area (Å²) in [5, 5.41) is 9.89. The molecular formula is C10H18N4O. The first-order chi connectivity index (χ1) is 7.24. The van der Waals surface area contributed by atoms with Crippen molar-refractivity contribution in [2.45, 2.75) is 19.4 Å². The second-order valence-electron chi connectivity index (χ2n) is 3.43. The van der Waals surface area contributed by atoms with E-state index in [1.807, 2.05) is 20.2 Å². The molecule has 0 fully saturated rings. The van der Waals surface area contributed by atoms with Crippen molar-refractivity contribution >= 4 is 5.91 Å². The van der Waals surface area contributed by atoms with Crippen molar-refractivity contribution in [3.63, 3.8) is 0 Å². The van der Waals surface area contributed by atoms with E-state index in [0.29, 0.717) is 13.0 Å². The predicted molar refractivity (Wildman–Crippen MR) is 58.2 cm³/mol. The summed E-state index contributed by atoms with van der Waals surface area (Å²) in [6, 6.07) is 1.90. The summed E-state index contributed by atoms with van der Waals surface area (Å²) < 4.78 is 1.76. The molecule has 0 aliphatic carbocycles. The molecule has 0 radical (unpaired) electrons. The predicted octanol–water partition coefficient (Wildman–Crippen LogP) is 0.0359. The summed E-state index contributed by atoms with van der Waals surface area (Å²) in [6.07, 6.45) is 3.16. The first kappa shape index (κ1) is 11.7. The number of carbonyl (C=O) groups excluding carboxylic acids is 1. The van der Waals surface area contributed by atoms with Crippen LogP contribution in [0.15, 0.2) is 12.3 Å². The first-order valence-corrected chi connectivity index (χ1v) is 5.12. The minimum absolute atomic E-state index is 0.0893. The Morgan fingerprint density at radius 1 is 1.60 bits per heavy atom. The third kappa shape index (κ3) is 4.12. The molecule has 1 heterocycles. The summed E-state index contributed by atoms with van der Waals surface area (Å²) in [4.78, 5) is 11.4. The Balaban J connectivity index is 2.20. The van der Waals surface area contributed by atoms with Crippen molar-refractivity contribution in [2.75, 3.05) is 13.6 Å². The third-order valence-corrected chi connectivity index (χ3v) is 2.22. The molecule has 0 atom stereocenters. The molecule has 1 aromatic rings. The van der Waals surface area contributed by atoms with Crippen molar-refractivity contribution in [3.05, 3.63) is 18.0 Å². The van der Waals surface area contributed by atoms with Crippen LogP contribution >= 0.6 is 0 Å². The summed E-state index contributed by atoms with van der Waals surface area (Å²) in [5.41, 5.74) is 1.01. The van der Waals surface area contributed by atoms with Crippen molar-refractivity contribution in [1.82, 2.24) is 20.4 Å². The zero-order chi connectivity index (χ0) is 11.1. The number of nitrogens with zero attached hydrogens (tertiary/aromatic N) is 2. The highest BCUT2D eigenvalue weighted by atomic mass is 16.1. The monoisotopic (exact) mass is 210 g/mol. The van der Waals surface area contributed by atoms with E-state index in [1.165, 1.54) is 0 Å². The Morgan fingerprint density at radius 3 is 3.00 bits per heavy atom. The molecule has 1 aromatic heterocycles. The van der Waals surface area contributed by atoms with Gasteiger partial charge in [0.1, 0.15) is 0 Å². The molecule has 1 rings (SSSR count). The number of amides is 1. The lowest BCUT2D eigenvalue weighted by atomic mass is 10.3. The fraction of sp³-hybridized carbons (Fsp3) is 0.600. The average molecular weight is 210 g/mol. The summed E-state index contributed by atoms with van der Waals surface area (Å²) in [7, 11) is 3.75. The second kappa shape index (κ2) is 6.19. The molecule has 1 amide bonds. The number of rotatable bonds is 6. The largest absolute Gasteiger partial charge is 0.350 e. The molecule has 0 saturated carbocycles. The molecule has 2 N–H and O–H groups in total. The summed E-state index contributed by atoms with van der Waals surface area (Å²) in [6.45, 7) is 1.42. The summed E-state index contributed by atoms with van der Waals surface area (Å²) in [5.74, 6) is 0.0893. The van der Waals surface area contributed by atoms with Crippen LogP contribution in [0.4, 0.5) is 0 Å². The maximum absolute atomic E-state index is 11.4. The van der Waals surface area contributed by atoms with Gasteiger partial charge in [-0.15, -0.1) is 0 Å². The molecule has 5 nitrogen and oxygen atoms in total. The van der Waals surface area contributed by atoms with E-state index in [0.717, 1.165) is 18.7 Å². The van der Waals surface area contributed by atoms with E-state index < -0.39 is 0 Å². The number of aromatic nitrogens is 2. The van der Waals surface area contributed by atoms with Crippen molar-refractivity contribution in [1.29, 1.82) is 0 Å². The Kier molecular flexibility index (Phi) is 4.83. The van der Waals surface area contributed by atoms with Crippen LogP contribution in [-0.2, 0) is 18.4 Å². The standard InChI is InChI=1S/C10H18N4O/c1-11-6-3-4-10(15)12-8-9-5-7-13-14(9)2/h5,7,11H,3-4,6,8H2,1-2H3,(H,12,15). The highest BCUT2D eigenvalue weighted by Gasteiger charge is 2.02. The highest BCUT2D eigenvalue weighted by Crippen LogP contribution is 1.95. The second-order valence-corrected chi connectivity index (χ2v) is 3.43. The van der Waals surface area contributed by atoms with Crippen LogP contribution in [0, 0.1) is 0 Å². The van der Waals surface area contributed by atoms with Gasteiger partial charge < -0.3 is 10.6 Å². The highest BCUT2D eigenvalue weighted by molar-refractivity contribution is 5.75. The van der Waals surface area contributed by atoms with Gasteiger partial charge in [-0.3, -0.25) is 9.48 Å². The van der Waals surface area contributed by atoms with Gasteiger partial charge in [-0.2, -0.15) is 5.10 Å². The Bertz CT molecular complexity index is 308. The zero-order valence-corrected chi connectivity index (χ0v) is 9.29. The van der Waals surface area contributed by atoms with Gasteiger partial charge in [0.05, 0.1) is 12.2 Å². The number of hydrogen-bond donors (Lipinski definition) is 2. The van der Waals surface area contributed by atoms with E-state index >= 15 is 0 Å². The van der Waals surface area contributed by atoms with Gasteiger partial charge in [0, 0.05) is 19.7 Å². The fourth-order valence-corrected chi connectivity index (χ4v) is 1.28. The number of hydrogen-bond acceptors (Lipinski definition) is 3. The van der Waals surface area contributed by atoms with E-state index in [4.69, 9.17) is 0 Å². The molecule has 0 aliphatic heterocycles. The quantitative estimate of drug-likeness (QED) is 0.652. The van der Waals surface area contributed by atoms with E-state index in [-0.39, 0.29) is 5.91 Å². The average Bonchev–Trinajstić information content (AvgIpc) is 2.61. The minimum atomic E-state index is 0.0893. The Labute approximate surface area is 89.9 Å². The Hall–Kier alpha value is -1.36. The van der Waals surface area contributed by atoms with E-state index in [1.54, 1.807) is 10.9 Å². The van der Waals surface area contributed by atoms with E-state index in [2.05, 4.69) is 15.7 Å². The van der Waals surface area contributed by atoms with Gasteiger partial charge in [0.25, 0.3) is 0 Å². The van der Waals surface area contributed by atoms with Crippen LogP contribution in [0.5, 0.6) is 0 Å². The van der Waals surface area contributed by atoms with Crippen LogP contribution in [-0.4, -0.2) is 29.3 Å². The molecule has 0 unspecified atom stereocenters. The van der Waals surface area contributed by atoms with Crippen molar-refractivity contribution in [2.24, 2.45) is 7.05 Å². The third-order valence-electron chi connectivity index (χ3n) is 2.22. The van der Waals surface area contributed by atoms with Gasteiger partial charge >= 0.3 is 0 Å². The maximum atomic E-state index is 11.4. The van der Waals surface area contributed by atoms with E-state index in [9.17, 15) is 4.79 Å². The van der Waals surface area contributed by atoms with Gasteiger partial charge in [-0.1, -0.05) is 0 Å². The molecule has 0 aliphatic rings. The lowest BCUT2D eigenvalue weighted by Gasteiger charge is -2.05. The Morgan fingerprint density at radius 2 is 2.40 bits per heavy atom. The lowest BCUT2D eigenvalue weighted by molar-refractivity contribution is -0.121. The van der Waals surface area contributed by atoms with Gasteiger partial charge in [-0.05, 0) is 26.1 Å². The summed E-state index contributed by atoms with van der Waals surface area (Å²) >= 11 is 0. The molecule has 15 heavy (non-hydrogen) atoms. The molecular weight excluding hydrogens is 192 g/mol. The first-order valence-electron chi connectivity index (χ1n) is 5.12. The van der Waals surface area contributed by atoms with Crippen LogP contribution in [0.1, 0.15) is 18.5 Å². The van der Waals surface area contributed by atoms with Crippen LogP contribution < -0.4 is 10.6 Å². The molecule has 0 spiro atoms. The normalized spacial score (nSPS) is 10.3. The molecule has 0 saturated heterocycles.